The number of nitrogens with one attached hydrogen (secondary N) is 1. The SMILES string of the molecule is CC(=O)N1N=C(N)SC1(CCNS(C)(=O)=O)c1ccccc1. The minimum absolute atomic E-state index is 0.174. The van der Waals surface area contributed by atoms with Gasteiger partial charge < -0.3 is 5.73 Å². The number of hydrogen-bond acceptors (Lipinski definition) is 6. The molecule has 1 unspecified atom stereocenters. The second kappa shape index (κ2) is 6.27. The van der Waals surface area contributed by atoms with Crippen LogP contribution in [0.4, 0.5) is 0 Å². The van der Waals surface area contributed by atoms with Crippen molar-refractivity contribution in [2.45, 2.75) is 18.2 Å². The van der Waals surface area contributed by atoms with Gasteiger partial charge >= 0.3 is 0 Å². The molecule has 0 aliphatic carbocycles. The Labute approximate surface area is 134 Å². The normalized spacial score (nSPS) is 21.7. The van der Waals surface area contributed by atoms with Gasteiger partial charge in [0.05, 0.1) is 6.26 Å². The molecule has 7 nitrogen and oxygen atoms in total. The Hall–Kier alpha value is -1.58. The maximum absolute atomic E-state index is 12.0. The third kappa shape index (κ3) is 3.60. The van der Waals surface area contributed by atoms with Gasteiger partial charge in [-0.2, -0.15) is 0 Å². The minimum atomic E-state index is -3.31. The van der Waals surface area contributed by atoms with E-state index in [0.717, 1.165) is 11.8 Å². The van der Waals surface area contributed by atoms with Gasteiger partial charge in [-0.1, -0.05) is 42.1 Å². The van der Waals surface area contributed by atoms with Crippen molar-refractivity contribution in [1.82, 2.24) is 9.73 Å². The molecule has 1 aromatic carbocycles. The number of hydrogen-bond donors (Lipinski definition) is 2. The van der Waals surface area contributed by atoms with Crippen molar-refractivity contribution < 1.29 is 13.2 Å². The molecule has 1 amide bonds. The number of carbonyl (C=O) groups is 1. The Morgan fingerprint density at radius 3 is 2.59 bits per heavy atom. The molecule has 0 spiro atoms. The van der Waals surface area contributed by atoms with Gasteiger partial charge in [-0.15, -0.1) is 5.10 Å². The summed E-state index contributed by atoms with van der Waals surface area (Å²) in [4.78, 5) is 11.1. The van der Waals surface area contributed by atoms with Crippen LogP contribution >= 0.6 is 11.8 Å². The number of sulfonamides is 1. The molecule has 0 fully saturated rings. The predicted molar refractivity (Wildman–Crippen MR) is 87.3 cm³/mol. The number of nitrogens with zero attached hydrogens (tertiary/aromatic N) is 2. The zero-order valence-corrected chi connectivity index (χ0v) is 13.9. The number of thioether (sulfide) groups is 1. The summed E-state index contributed by atoms with van der Waals surface area (Å²) in [6, 6.07) is 9.33. The van der Waals surface area contributed by atoms with E-state index < -0.39 is 14.9 Å². The number of amidine groups is 1. The standard InChI is InChI=1S/C13H18N4O3S2/c1-10(18)17-13(21-12(14)16-17,8-9-15-22(2,19)20)11-6-4-3-5-7-11/h3-7,15H,8-9H2,1-2H3,(H2,14,16). The lowest BCUT2D eigenvalue weighted by atomic mass is 10.0. The molecule has 9 heteroatoms. The minimum Gasteiger partial charge on any atom is -0.377 e. The first kappa shape index (κ1) is 16.8. The fourth-order valence-corrected chi connectivity index (χ4v) is 3.98. The zero-order valence-electron chi connectivity index (χ0n) is 12.3. The van der Waals surface area contributed by atoms with Crippen molar-refractivity contribution in [3.63, 3.8) is 0 Å². The van der Waals surface area contributed by atoms with Crippen LogP contribution in [0.25, 0.3) is 0 Å². The van der Waals surface area contributed by atoms with Gasteiger partial charge in [0, 0.05) is 19.9 Å². The highest BCUT2D eigenvalue weighted by Gasteiger charge is 2.46. The van der Waals surface area contributed by atoms with Crippen molar-refractivity contribution in [2.75, 3.05) is 12.8 Å². The van der Waals surface area contributed by atoms with Gasteiger partial charge in [-0.3, -0.25) is 4.79 Å². The van der Waals surface area contributed by atoms with Crippen LogP contribution in [0, 0.1) is 0 Å². The summed E-state index contributed by atoms with van der Waals surface area (Å²) in [5, 5.41) is 5.70. The van der Waals surface area contributed by atoms with Crippen molar-refractivity contribution in [1.29, 1.82) is 0 Å². The number of rotatable bonds is 5. The second-order valence-corrected chi connectivity index (χ2v) is 8.07. The van der Waals surface area contributed by atoms with Crippen LogP contribution in [0.15, 0.2) is 35.4 Å². The van der Waals surface area contributed by atoms with E-state index in [1.807, 2.05) is 30.3 Å². The summed E-state index contributed by atoms with van der Waals surface area (Å²) in [5.74, 6) is -0.254. The lowest BCUT2D eigenvalue weighted by Gasteiger charge is -2.35. The lowest BCUT2D eigenvalue weighted by molar-refractivity contribution is -0.132. The van der Waals surface area contributed by atoms with E-state index >= 15 is 0 Å². The van der Waals surface area contributed by atoms with Gasteiger partial charge in [0.15, 0.2) is 5.17 Å². The average Bonchev–Trinajstić information content (AvgIpc) is 2.77. The fourth-order valence-electron chi connectivity index (χ4n) is 2.33. The average molecular weight is 342 g/mol. The number of amides is 1. The molecular formula is C13H18N4O3S2. The topological polar surface area (TPSA) is 105 Å². The Kier molecular flexibility index (Phi) is 4.78. The van der Waals surface area contributed by atoms with Gasteiger partial charge in [-0.05, 0) is 5.56 Å². The maximum atomic E-state index is 12.0. The Morgan fingerprint density at radius 2 is 2.05 bits per heavy atom. The van der Waals surface area contributed by atoms with E-state index in [-0.39, 0.29) is 17.6 Å². The van der Waals surface area contributed by atoms with Crippen molar-refractivity contribution in [3.05, 3.63) is 35.9 Å². The van der Waals surface area contributed by atoms with Gasteiger partial charge in [0.1, 0.15) is 4.87 Å². The third-order valence-electron chi connectivity index (χ3n) is 3.17. The molecule has 1 aliphatic rings. The summed E-state index contributed by atoms with van der Waals surface area (Å²) < 4.78 is 25.0. The quantitative estimate of drug-likeness (QED) is 0.815. The number of carbonyl (C=O) groups excluding carboxylic acids is 1. The molecule has 0 saturated heterocycles. The molecule has 0 radical (unpaired) electrons. The van der Waals surface area contributed by atoms with E-state index in [1.54, 1.807) is 0 Å². The molecule has 0 saturated carbocycles. The molecule has 3 N–H and O–H groups in total. The smallest absolute Gasteiger partial charge is 0.241 e. The van der Waals surface area contributed by atoms with Gasteiger partial charge in [-0.25, -0.2) is 18.1 Å². The zero-order chi connectivity index (χ0) is 16.4. The molecule has 2 rings (SSSR count). The summed E-state index contributed by atoms with van der Waals surface area (Å²) in [5.41, 5.74) is 6.66. The van der Waals surface area contributed by atoms with Crippen LogP contribution in [0.5, 0.6) is 0 Å². The monoisotopic (exact) mass is 342 g/mol. The number of benzene rings is 1. The van der Waals surface area contributed by atoms with Crippen LogP contribution < -0.4 is 10.5 Å². The van der Waals surface area contributed by atoms with Gasteiger partial charge in [0.25, 0.3) is 0 Å². The third-order valence-corrected chi connectivity index (χ3v) is 5.14. The number of hydrazone groups is 1. The first-order valence-electron chi connectivity index (χ1n) is 6.59. The van der Waals surface area contributed by atoms with Crippen LogP contribution in [0.2, 0.25) is 0 Å². The summed E-state index contributed by atoms with van der Waals surface area (Å²) in [7, 11) is -3.31. The molecule has 1 heterocycles. The first-order valence-corrected chi connectivity index (χ1v) is 9.29. The summed E-state index contributed by atoms with van der Waals surface area (Å²) in [6.45, 7) is 1.58. The molecule has 1 aliphatic heterocycles. The van der Waals surface area contributed by atoms with Crippen LogP contribution in [-0.4, -0.2) is 37.3 Å². The van der Waals surface area contributed by atoms with Crippen LogP contribution in [0.1, 0.15) is 18.9 Å². The van der Waals surface area contributed by atoms with E-state index in [2.05, 4.69) is 9.82 Å². The van der Waals surface area contributed by atoms with E-state index in [9.17, 15) is 13.2 Å². The maximum Gasteiger partial charge on any atom is 0.241 e. The van der Waals surface area contributed by atoms with Gasteiger partial charge in [0.2, 0.25) is 15.9 Å². The van der Waals surface area contributed by atoms with Crippen LogP contribution in [-0.2, 0) is 19.7 Å². The lowest BCUT2D eigenvalue weighted by Crippen LogP contribution is -2.42. The highest BCUT2D eigenvalue weighted by Crippen LogP contribution is 2.47. The molecule has 120 valence electrons. The Balaban J connectivity index is 2.36. The molecule has 0 bridgehead atoms. The Bertz CT molecular complexity index is 690. The highest BCUT2D eigenvalue weighted by molar-refractivity contribution is 8.14. The first-order chi connectivity index (χ1) is 10.2. The predicted octanol–water partition coefficient (Wildman–Crippen LogP) is 0.604. The van der Waals surface area contributed by atoms with Crippen molar-refractivity contribution >= 4 is 32.9 Å². The highest BCUT2D eigenvalue weighted by atomic mass is 32.2. The molecule has 22 heavy (non-hydrogen) atoms. The van der Waals surface area contributed by atoms with Crippen LogP contribution in [0.3, 0.4) is 0 Å². The van der Waals surface area contributed by atoms with E-state index in [4.69, 9.17) is 5.73 Å². The summed E-state index contributed by atoms with van der Waals surface area (Å²) >= 11 is 1.25. The van der Waals surface area contributed by atoms with Crippen molar-refractivity contribution in [3.8, 4) is 0 Å². The number of nitrogens with two attached hydrogens (primary N) is 1. The van der Waals surface area contributed by atoms with E-state index in [0.29, 0.717) is 6.42 Å². The molecule has 1 atom stereocenters. The molecule has 1 aromatic rings. The summed E-state index contributed by atoms with van der Waals surface area (Å²) in [6.07, 6.45) is 1.44. The molecule has 0 aromatic heterocycles. The Morgan fingerprint density at radius 1 is 1.41 bits per heavy atom. The second-order valence-electron chi connectivity index (χ2n) is 4.94. The fraction of sp³-hybridized carbons (Fsp3) is 0.385. The van der Waals surface area contributed by atoms with E-state index in [1.165, 1.54) is 23.7 Å². The largest absolute Gasteiger partial charge is 0.377 e. The van der Waals surface area contributed by atoms with Crippen molar-refractivity contribution in [2.24, 2.45) is 10.8 Å². The molecular weight excluding hydrogens is 324 g/mol.